The smallest absolute Gasteiger partial charge is 0.251 e. The molecule has 0 radical (unpaired) electrons. The van der Waals surface area contributed by atoms with Crippen molar-refractivity contribution in [1.82, 2.24) is 20.5 Å². The van der Waals surface area contributed by atoms with Crippen molar-refractivity contribution in [3.63, 3.8) is 0 Å². The minimum absolute atomic E-state index is 0.100. The van der Waals surface area contributed by atoms with Crippen molar-refractivity contribution >= 4 is 5.91 Å². The number of carbonyl (C=O) groups excluding carboxylic acids is 1. The van der Waals surface area contributed by atoms with Crippen molar-refractivity contribution in [2.75, 3.05) is 13.7 Å². The van der Waals surface area contributed by atoms with E-state index in [4.69, 9.17) is 4.74 Å². The summed E-state index contributed by atoms with van der Waals surface area (Å²) in [6, 6.07) is 7.07. The number of carbonyl (C=O) groups is 1. The molecule has 0 fully saturated rings. The van der Waals surface area contributed by atoms with Gasteiger partial charge in [0.05, 0.1) is 7.11 Å². The van der Waals surface area contributed by atoms with Crippen LogP contribution in [0.1, 0.15) is 22.6 Å². The molecule has 0 aliphatic rings. The average Bonchev–Trinajstić information content (AvgIpc) is 2.96. The van der Waals surface area contributed by atoms with Crippen LogP contribution in [0.15, 0.2) is 30.6 Å². The van der Waals surface area contributed by atoms with Crippen LogP contribution in [0, 0.1) is 0 Å². The molecule has 2 N–H and O–H groups in total. The van der Waals surface area contributed by atoms with Crippen LogP contribution in [0.25, 0.3) is 0 Å². The van der Waals surface area contributed by atoms with Crippen molar-refractivity contribution < 1.29 is 9.53 Å². The number of hydrogen-bond donors (Lipinski definition) is 2. The van der Waals surface area contributed by atoms with E-state index in [1.54, 1.807) is 31.4 Å². The number of benzene rings is 1. The molecule has 0 saturated heterocycles. The Morgan fingerprint density at radius 1 is 1.47 bits per heavy atom. The first-order valence-electron chi connectivity index (χ1n) is 6.06. The number of hydrogen-bond acceptors (Lipinski definition) is 4. The number of aromatic nitrogens is 3. The van der Waals surface area contributed by atoms with E-state index in [2.05, 4.69) is 20.5 Å². The molecule has 0 bridgehead atoms. The van der Waals surface area contributed by atoms with Gasteiger partial charge in [-0.2, -0.15) is 5.10 Å². The van der Waals surface area contributed by atoms with Crippen LogP contribution in [-0.4, -0.2) is 34.7 Å². The Bertz CT molecular complexity index is 525. The Morgan fingerprint density at radius 2 is 2.37 bits per heavy atom. The first-order chi connectivity index (χ1) is 9.29. The molecule has 0 spiro atoms. The summed E-state index contributed by atoms with van der Waals surface area (Å²) < 4.78 is 5.08. The number of H-pyrrole nitrogens is 1. The van der Waals surface area contributed by atoms with Crippen LogP contribution in [0.4, 0.5) is 0 Å². The lowest BCUT2D eigenvalue weighted by Gasteiger charge is -2.06. The summed E-state index contributed by atoms with van der Waals surface area (Å²) in [4.78, 5) is 15.9. The van der Waals surface area contributed by atoms with Gasteiger partial charge in [-0.3, -0.25) is 9.89 Å². The van der Waals surface area contributed by atoms with Gasteiger partial charge in [0.1, 0.15) is 17.9 Å². The summed E-state index contributed by atoms with van der Waals surface area (Å²) in [5.74, 6) is 1.40. The number of methoxy groups -OCH3 is 1. The fourth-order valence-electron chi connectivity index (χ4n) is 1.68. The highest BCUT2D eigenvalue weighted by Gasteiger charge is 2.05. The second-order valence-electron chi connectivity index (χ2n) is 4.02. The molecule has 2 aromatic rings. The number of aryl methyl sites for hydroxylation is 1. The third-order valence-corrected chi connectivity index (χ3v) is 2.67. The van der Waals surface area contributed by atoms with Crippen LogP contribution in [0.3, 0.4) is 0 Å². The quantitative estimate of drug-likeness (QED) is 0.764. The monoisotopic (exact) mass is 260 g/mol. The highest BCUT2D eigenvalue weighted by atomic mass is 16.5. The summed E-state index contributed by atoms with van der Waals surface area (Å²) >= 11 is 0. The van der Waals surface area contributed by atoms with E-state index in [1.807, 2.05) is 0 Å². The second-order valence-corrected chi connectivity index (χ2v) is 4.02. The molecule has 1 amide bonds. The zero-order valence-electron chi connectivity index (χ0n) is 10.7. The zero-order valence-corrected chi connectivity index (χ0v) is 10.7. The van der Waals surface area contributed by atoms with Gasteiger partial charge in [-0.15, -0.1) is 0 Å². The average molecular weight is 260 g/mol. The van der Waals surface area contributed by atoms with Gasteiger partial charge < -0.3 is 10.1 Å². The van der Waals surface area contributed by atoms with Crippen LogP contribution < -0.4 is 10.1 Å². The Hall–Kier alpha value is -2.37. The van der Waals surface area contributed by atoms with Gasteiger partial charge in [0.25, 0.3) is 5.91 Å². The minimum Gasteiger partial charge on any atom is -0.497 e. The van der Waals surface area contributed by atoms with Crippen molar-refractivity contribution in [3.8, 4) is 5.75 Å². The van der Waals surface area contributed by atoms with Gasteiger partial charge in [-0.05, 0) is 24.6 Å². The Morgan fingerprint density at radius 3 is 3.11 bits per heavy atom. The highest BCUT2D eigenvalue weighted by molar-refractivity contribution is 5.94. The van der Waals surface area contributed by atoms with Crippen molar-refractivity contribution in [3.05, 3.63) is 42.0 Å². The van der Waals surface area contributed by atoms with Gasteiger partial charge in [-0.25, -0.2) is 4.98 Å². The SMILES string of the molecule is COc1cccc(C(=O)NCCCc2ncn[nH]2)c1. The van der Waals surface area contributed by atoms with Crippen LogP contribution >= 0.6 is 0 Å². The normalized spacial score (nSPS) is 10.2. The number of aromatic amines is 1. The van der Waals surface area contributed by atoms with Gasteiger partial charge in [0, 0.05) is 18.5 Å². The number of nitrogens with one attached hydrogen (secondary N) is 2. The Kier molecular flexibility index (Phi) is 4.49. The van der Waals surface area contributed by atoms with E-state index in [-0.39, 0.29) is 5.91 Å². The maximum absolute atomic E-state index is 11.9. The summed E-state index contributed by atoms with van der Waals surface area (Å²) in [7, 11) is 1.58. The first-order valence-corrected chi connectivity index (χ1v) is 6.06. The molecule has 6 heteroatoms. The zero-order chi connectivity index (χ0) is 13.5. The predicted molar refractivity (Wildman–Crippen MR) is 70.0 cm³/mol. The maximum Gasteiger partial charge on any atom is 0.251 e. The lowest BCUT2D eigenvalue weighted by atomic mass is 10.2. The number of ether oxygens (including phenoxy) is 1. The van der Waals surface area contributed by atoms with Crippen molar-refractivity contribution in [2.24, 2.45) is 0 Å². The summed E-state index contributed by atoms with van der Waals surface area (Å²) in [5.41, 5.74) is 0.596. The van der Waals surface area contributed by atoms with E-state index in [1.165, 1.54) is 6.33 Å². The van der Waals surface area contributed by atoms with E-state index >= 15 is 0 Å². The molecule has 100 valence electrons. The molecule has 19 heavy (non-hydrogen) atoms. The molecule has 0 saturated carbocycles. The van der Waals surface area contributed by atoms with Crippen molar-refractivity contribution in [2.45, 2.75) is 12.8 Å². The fraction of sp³-hybridized carbons (Fsp3) is 0.308. The van der Waals surface area contributed by atoms with Gasteiger partial charge in [-0.1, -0.05) is 6.07 Å². The molecule has 0 unspecified atom stereocenters. The molecule has 1 aromatic heterocycles. The van der Waals surface area contributed by atoms with E-state index in [0.29, 0.717) is 17.9 Å². The van der Waals surface area contributed by atoms with Crippen LogP contribution in [-0.2, 0) is 6.42 Å². The number of amides is 1. The molecule has 0 aliphatic heterocycles. The predicted octanol–water partition coefficient (Wildman–Crippen LogP) is 1.18. The molecular weight excluding hydrogens is 244 g/mol. The maximum atomic E-state index is 11.9. The number of nitrogens with zero attached hydrogens (tertiary/aromatic N) is 2. The molecular formula is C13H16N4O2. The minimum atomic E-state index is -0.100. The summed E-state index contributed by atoms with van der Waals surface area (Å²) in [6.07, 6.45) is 3.05. The van der Waals surface area contributed by atoms with Crippen LogP contribution in [0.2, 0.25) is 0 Å². The highest BCUT2D eigenvalue weighted by Crippen LogP contribution is 2.12. The van der Waals surface area contributed by atoms with E-state index < -0.39 is 0 Å². The van der Waals surface area contributed by atoms with Crippen molar-refractivity contribution in [1.29, 1.82) is 0 Å². The number of rotatable bonds is 6. The Balaban J connectivity index is 1.77. The molecule has 2 rings (SSSR count). The molecule has 0 aliphatic carbocycles. The molecule has 1 aromatic carbocycles. The molecule has 1 heterocycles. The summed E-state index contributed by atoms with van der Waals surface area (Å²) in [6.45, 7) is 0.594. The van der Waals surface area contributed by atoms with E-state index in [9.17, 15) is 4.79 Å². The standard InChI is InChI=1S/C13H16N4O2/c1-19-11-5-2-4-10(8-11)13(18)14-7-3-6-12-15-9-16-17-12/h2,4-5,8-9H,3,6-7H2,1H3,(H,14,18)(H,15,16,17). The van der Waals surface area contributed by atoms with Gasteiger partial charge in [0.15, 0.2) is 0 Å². The van der Waals surface area contributed by atoms with E-state index in [0.717, 1.165) is 18.7 Å². The first kappa shape index (κ1) is 13.1. The lowest BCUT2D eigenvalue weighted by Crippen LogP contribution is -2.24. The molecule has 6 nitrogen and oxygen atoms in total. The third kappa shape index (κ3) is 3.80. The summed E-state index contributed by atoms with van der Waals surface area (Å²) in [5, 5.41) is 9.40. The van der Waals surface area contributed by atoms with Gasteiger partial charge in [0.2, 0.25) is 0 Å². The second kappa shape index (κ2) is 6.53. The van der Waals surface area contributed by atoms with Crippen LogP contribution in [0.5, 0.6) is 5.75 Å². The molecule has 0 atom stereocenters. The van der Waals surface area contributed by atoms with Gasteiger partial charge >= 0.3 is 0 Å². The topological polar surface area (TPSA) is 79.9 Å². The third-order valence-electron chi connectivity index (χ3n) is 2.67. The fourth-order valence-corrected chi connectivity index (χ4v) is 1.68. The Labute approximate surface area is 111 Å². The largest absolute Gasteiger partial charge is 0.497 e. The lowest BCUT2D eigenvalue weighted by molar-refractivity contribution is 0.0953.